The molecule has 1 aromatic heterocycles. The fourth-order valence-electron chi connectivity index (χ4n) is 0.929. The van der Waals surface area contributed by atoms with Crippen molar-refractivity contribution in [3.63, 3.8) is 0 Å². The number of aromatic nitrogens is 2. The van der Waals surface area contributed by atoms with Gasteiger partial charge in [-0.05, 0) is 13.0 Å². The highest BCUT2D eigenvalue weighted by atomic mass is 16.5. The predicted molar refractivity (Wildman–Crippen MR) is 55.1 cm³/mol. The summed E-state index contributed by atoms with van der Waals surface area (Å²) in [4.78, 5) is 22.1. The Kier molecular flexibility index (Phi) is 3.79. The zero-order valence-electron chi connectivity index (χ0n) is 8.64. The van der Waals surface area contributed by atoms with Crippen molar-refractivity contribution in [2.75, 3.05) is 6.61 Å². The summed E-state index contributed by atoms with van der Waals surface area (Å²) in [5, 5.41) is 3.80. The topological polar surface area (TPSA) is 61.2 Å². The quantitative estimate of drug-likeness (QED) is 0.531. The van der Waals surface area contributed by atoms with Crippen molar-refractivity contribution in [3.05, 3.63) is 34.3 Å². The number of rotatable bonds is 3. The van der Waals surface area contributed by atoms with Gasteiger partial charge >= 0.3 is 5.97 Å². The lowest BCUT2D eigenvalue weighted by Gasteiger charge is -1.96. The predicted octanol–water partition coefficient (Wildman–Crippen LogP) is 0.357. The molecule has 0 N–H and O–H groups in total. The molecule has 0 amide bonds. The van der Waals surface area contributed by atoms with Crippen LogP contribution in [-0.4, -0.2) is 22.4 Å². The molecule has 5 heteroatoms. The average molecular weight is 208 g/mol. The standard InChI is InChI=1S/C10H12N2O3/c1-3-15-10(14)5-4-8-6-9(13)12(2)11-7-8/h4-7H,3H2,1-2H3/b5-4+. The van der Waals surface area contributed by atoms with Crippen LogP contribution >= 0.6 is 0 Å². The van der Waals surface area contributed by atoms with Gasteiger partial charge in [-0.25, -0.2) is 9.48 Å². The Morgan fingerprint density at radius 3 is 3.00 bits per heavy atom. The Balaban J connectivity index is 2.77. The third-order valence-corrected chi connectivity index (χ3v) is 1.69. The molecule has 5 nitrogen and oxygen atoms in total. The summed E-state index contributed by atoms with van der Waals surface area (Å²) >= 11 is 0. The molecule has 0 atom stereocenters. The number of esters is 1. The third kappa shape index (κ3) is 3.38. The zero-order chi connectivity index (χ0) is 11.3. The molecule has 1 aromatic rings. The Hall–Kier alpha value is -1.91. The second-order valence-electron chi connectivity index (χ2n) is 2.84. The van der Waals surface area contributed by atoms with Gasteiger partial charge in [0.2, 0.25) is 0 Å². The third-order valence-electron chi connectivity index (χ3n) is 1.69. The van der Waals surface area contributed by atoms with E-state index in [1.165, 1.54) is 29.1 Å². The summed E-state index contributed by atoms with van der Waals surface area (Å²) in [6.07, 6.45) is 4.25. The second-order valence-corrected chi connectivity index (χ2v) is 2.84. The summed E-state index contributed by atoms with van der Waals surface area (Å²) in [5.74, 6) is -0.432. The van der Waals surface area contributed by atoms with Gasteiger partial charge in [0.05, 0.1) is 12.8 Å². The van der Waals surface area contributed by atoms with Crippen LogP contribution in [0.3, 0.4) is 0 Å². The van der Waals surface area contributed by atoms with Gasteiger partial charge in [0.15, 0.2) is 0 Å². The first-order valence-electron chi connectivity index (χ1n) is 4.51. The van der Waals surface area contributed by atoms with Crippen molar-refractivity contribution < 1.29 is 9.53 Å². The SMILES string of the molecule is CCOC(=O)/C=C/c1cnn(C)c(=O)c1. The first-order chi connectivity index (χ1) is 7.13. The number of ether oxygens (including phenoxy) is 1. The fourth-order valence-corrected chi connectivity index (χ4v) is 0.929. The number of carbonyl (C=O) groups excluding carboxylic acids is 1. The molecule has 80 valence electrons. The Labute approximate surface area is 87.0 Å². The largest absolute Gasteiger partial charge is 0.463 e. The van der Waals surface area contributed by atoms with E-state index in [2.05, 4.69) is 9.84 Å². The molecule has 0 aliphatic carbocycles. The molecule has 15 heavy (non-hydrogen) atoms. The van der Waals surface area contributed by atoms with Crippen molar-refractivity contribution in [2.45, 2.75) is 6.92 Å². The minimum absolute atomic E-state index is 0.221. The number of aryl methyl sites for hydroxylation is 1. The first kappa shape index (κ1) is 11.2. The molecule has 0 fully saturated rings. The number of carbonyl (C=O) groups is 1. The van der Waals surface area contributed by atoms with Crippen LogP contribution in [0.1, 0.15) is 12.5 Å². The molecule has 0 saturated carbocycles. The van der Waals surface area contributed by atoms with Crippen LogP contribution in [0.5, 0.6) is 0 Å². The molecule has 0 saturated heterocycles. The van der Waals surface area contributed by atoms with Gasteiger partial charge in [-0.2, -0.15) is 5.10 Å². The molecule has 0 aliphatic heterocycles. The fraction of sp³-hybridized carbons (Fsp3) is 0.300. The summed E-state index contributed by atoms with van der Waals surface area (Å²) in [6.45, 7) is 2.06. The molecule has 0 radical (unpaired) electrons. The lowest BCUT2D eigenvalue weighted by molar-refractivity contribution is -0.137. The number of nitrogens with zero attached hydrogens (tertiary/aromatic N) is 2. The maximum atomic E-state index is 11.2. The van der Waals surface area contributed by atoms with Crippen LogP contribution in [0.4, 0.5) is 0 Å². The van der Waals surface area contributed by atoms with Gasteiger partial charge < -0.3 is 4.74 Å². The van der Waals surface area contributed by atoms with E-state index in [1.54, 1.807) is 14.0 Å². The molecular formula is C10H12N2O3. The Morgan fingerprint density at radius 2 is 2.40 bits per heavy atom. The van der Waals surface area contributed by atoms with E-state index >= 15 is 0 Å². The summed E-state index contributed by atoms with van der Waals surface area (Å²) < 4.78 is 5.90. The van der Waals surface area contributed by atoms with Gasteiger partial charge in [0, 0.05) is 24.8 Å². The zero-order valence-corrected chi connectivity index (χ0v) is 8.64. The molecule has 0 spiro atoms. The highest BCUT2D eigenvalue weighted by Gasteiger charge is 1.96. The lowest BCUT2D eigenvalue weighted by Crippen LogP contribution is -2.18. The van der Waals surface area contributed by atoms with E-state index in [4.69, 9.17) is 0 Å². The van der Waals surface area contributed by atoms with Gasteiger partial charge in [-0.1, -0.05) is 0 Å². The molecule has 1 rings (SSSR count). The van der Waals surface area contributed by atoms with E-state index in [9.17, 15) is 9.59 Å². The summed E-state index contributed by atoms with van der Waals surface area (Å²) in [5.41, 5.74) is 0.354. The molecule has 0 bridgehead atoms. The van der Waals surface area contributed by atoms with Crippen LogP contribution in [0.2, 0.25) is 0 Å². The van der Waals surface area contributed by atoms with Crippen LogP contribution in [-0.2, 0) is 16.6 Å². The van der Waals surface area contributed by atoms with E-state index < -0.39 is 5.97 Å². The summed E-state index contributed by atoms with van der Waals surface area (Å²) in [6, 6.07) is 1.39. The van der Waals surface area contributed by atoms with E-state index in [0.717, 1.165) is 0 Å². The van der Waals surface area contributed by atoms with Crippen molar-refractivity contribution in [1.29, 1.82) is 0 Å². The molecule has 0 aromatic carbocycles. The average Bonchev–Trinajstić information content (AvgIpc) is 2.20. The van der Waals surface area contributed by atoms with Crippen LogP contribution in [0, 0.1) is 0 Å². The molecule has 0 aliphatic rings. The van der Waals surface area contributed by atoms with E-state index in [-0.39, 0.29) is 5.56 Å². The van der Waals surface area contributed by atoms with Crippen molar-refractivity contribution >= 4 is 12.0 Å². The molecule has 0 unspecified atom stereocenters. The van der Waals surface area contributed by atoms with E-state index in [1.807, 2.05) is 0 Å². The number of hydrogen-bond acceptors (Lipinski definition) is 4. The Morgan fingerprint density at radius 1 is 1.67 bits per heavy atom. The smallest absolute Gasteiger partial charge is 0.330 e. The highest BCUT2D eigenvalue weighted by molar-refractivity contribution is 5.86. The maximum absolute atomic E-state index is 11.2. The van der Waals surface area contributed by atoms with E-state index in [0.29, 0.717) is 12.2 Å². The molecular weight excluding hydrogens is 196 g/mol. The first-order valence-corrected chi connectivity index (χ1v) is 4.51. The minimum atomic E-state index is -0.432. The van der Waals surface area contributed by atoms with Gasteiger partial charge in [0.1, 0.15) is 0 Å². The lowest BCUT2D eigenvalue weighted by atomic mass is 10.3. The van der Waals surface area contributed by atoms with Gasteiger partial charge in [0.25, 0.3) is 5.56 Å². The van der Waals surface area contributed by atoms with Crippen molar-refractivity contribution in [3.8, 4) is 0 Å². The molecule has 1 heterocycles. The normalized spacial score (nSPS) is 10.5. The number of hydrogen-bond donors (Lipinski definition) is 0. The maximum Gasteiger partial charge on any atom is 0.330 e. The summed E-state index contributed by atoms with van der Waals surface area (Å²) in [7, 11) is 1.56. The van der Waals surface area contributed by atoms with Crippen molar-refractivity contribution in [1.82, 2.24) is 9.78 Å². The minimum Gasteiger partial charge on any atom is -0.463 e. The van der Waals surface area contributed by atoms with Gasteiger partial charge in [-0.15, -0.1) is 0 Å². The monoisotopic (exact) mass is 208 g/mol. The van der Waals surface area contributed by atoms with Crippen LogP contribution in [0.25, 0.3) is 6.08 Å². The van der Waals surface area contributed by atoms with Crippen LogP contribution in [0.15, 0.2) is 23.1 Å². The van der Waals surface area contributed by atoms with Gasteiger partial charge in [-0.3, -0.25) is 4.79 Å². The Bertz CT molecular complexity index is 435. The highest BCUT2D eigenvalue weighted by Crippen LogP contribution is 1.95. The van der Waals surface area contributed by atoms with Crippen LogP contribution < -0.4 is 5.56 Å². The van der Waals surface area contributed by atoms with Crippen molar-refractivity contribution in [2.24, 2.45) is 7.05 Å². The second kappa shape index (κ2) is 5.09.